The molecule has 0 spiro atoms. The van der Waals surface area contributed by atoms with Crippen LogP contribution in [0, 0.1) is 11.7 Å². The fraction of sp³-hybridized carbons (Fsp3) is 0.348. The van der Waals surface area contributed by atoms with Gasteiger partial charge < -0.3 is 10.0 Å². The summed E-state index contributed by atoms with van der Waals surface area (Å²) >= 11 is 6.11. The van der Waals surface area contributed by atoms with E-state index in [1.807, 2.05) is 0 Å². The fourth-order valence-electron chi connectivity index (χ4n) is 4.34. The molecule has 7 nitrogen and oxygen atoms in total. The lowest BCUT2D eigenvalue weighted by Gasteiger charge is -2.38. The van der Waals surface area contributed by atoms with Crippen LogP contribution in [0.5, 0.6) is 0 Å². The maximum Gasteiger partial charge on any atom is 0.392 e. The second-order valence-corrected chi connectivity index (χ2v) is 8.61. The molecule has 186 valence electrons. The maximum absolute atomic E-state index is 14.6. The predicted octanol–water partition coefficient (Wildman–Crippen LogP) is 4.28. The van der Waals surface area contributed by atoms with Gasteiger partial charge in [0.05, 0.1) is 22.3 Å². The highest BCUT2D eigenvalue weighted by molar-refractivity contribution is 6.34. The van der Waals surface area contributed by atoms with E-state index in [2.05, 4.69) is 5.10 Å². The van der Waals surface area contributed by atoms with Crippen molar-refractivity contribution in [3.05, 3.63) is 74.7 Å². The SMILES string of the molecule is CCn1c(CO)nn(-c2ccc3c(c2)C(C(C)C(F)(F)F)CN(c2c(F)cccc2Cl)C3=O)c1=O. The zero-order valence-electron chi connectivity index (χ0n) is 18.7. The van der Waals surface area contributed by atoms with Crippen molar-refractivity contribution in [2.75, 3.05) is 11.4 Å². The Labute approximate surface area is 202 Å². The molecule has 0 saturated carbocycles. The highest BCUT2D eigenvalue weighted by atomic mass is 35.5. The van der Waals surface area contributed by atoms with Gasteiger partial charge in [-0.05, 0) is 42.8 Å². The Morgan fingerprint density at radius 1 is 1.23 bits per heavy atom. The van der Waals surface area contributed by atoms with Crippen molar-refractivity contribution in [2.24, 2.45) is 5.92 Å². The van der Waals surface area contributed by atoms with Crippen molar-refractivity contribution in [1.82, 2.24) is 14.3 Å². The van der Waals surface area contributed by atoms with E-state index in [-0.39, 0.29) is 39.9 Å². The van der Waals surface area contributed by atoms with Gasteiger partial charge in [0, 0.05) is 24.6 Å². The first-order valence-electron chi connectivity index (χ1n) is 10.8. The first kappa shape index (κ1) is 24.9. The van der Waals surface area contributed by atoms with Crippen LogP contribution in [0.1, 0.15) is 41.5 Å². The molecule has 0 saturated heterocycles. The van der Waals surface area contributed by atoms with Crippen molar-refractivity contribution in [3.8, 4) is 5.69 Å². The average molecular weight is 513 g/mol. The van der Waals surface area contributed by atoms with Crippen LogP contribution in [0.25, 0.3) is 5.69 Å². The zero-order valence-corrected chi connectivity index (χ0v) is 19.4. The van der Waals surface area contributed by atoms with Crippen LogP contribution in [0.3, 0.4) is 0 Å². The van der Waals surface area contributed by atoms with Crippen molar-refractivity contribution in [3.63, 3.8) is 0 Å². The monoisotopic (exact) mass is 512 g/mol. The van der Waals surface area contributed by atoms with Crippen LogP contribution in [-0.2, 0) is 13.2 Å². The summed E-state index contributed by atoms with van der Waals surface area (Å²) in [4.78, 5) is 27.0. The molecule has 1 N–H and O–H groups in total. The van der Waals surface area contributed by atoms with Crippen LogP contribution in [0.15, 0.2) is 41.2 Å². The molecular formula is C23H21ClF4N4O3. The molecule has 1 aromatic heterocycles. The number of halogens is 5. The minimum absolute atomic E-state index is 0.0598. The summed E-state index contributed by atoms with van der Waals surface area (Å²) in [5, 5.41) is 13.5. The van der Waals surface area contributed by atoms with Gasteiger partial charge >= 0.3 is 11.9 Å². The number of aliphatic hydroxyl groups is 1. The van der Waals surface area contributed by atoms with Gasteiger partial charge in [-0.2, -0.15) is 17.9 Å². The summed E-state index contributed by atoms with van der Waals surface area (Å²) in [5.41, 5.74) is -0.743. The molecule has 2 atom stereocenters. The van der Waals surface area contributed by atoms with Crippen molar-refractivity contribution in [2.45, 2.75) is 39.1 Å². The largest absolute Gasteiger partial charge is 0.392 e. The molecular weight excluding hydrogens is 492 g/mol. The van der Waals surface area contributed by atoms with Crippen LogP contribution < -0.4 is 10.6 Å². The number of anilines is 1. The van der Waals surface area contributed by atoms with Crippen molar-refractivity contribution in [1.29, 1.82) is 0 Å². The third-order valence-corrected chi connectivity index (χ3v) is 6.56. The highest BCUT2D eigenvalue weighted by Gasteiger charge is 2.46. The van der Waals surface area contributed by atoms with E-state index < -0.39 is 48.6 Å². The number of aliphatic hydroxyl groups excluding tert-OH is 1. The van der Waals surface area contributed by atoms with Crippen LogP contribution in [0.4, 0.5) is 23.2 Å². The van der Waals surface area contributed by atoms with E-state index in [0.29, 0.717) is 0 Å². The first-order chi connectivity index (χ1) is 16.5. The van der Waals surface area contributed by atoms with E-state index in [0.717, 1.165) is 22.6 Å². The minimum Gasteiger partial charge on any atom is -0.388 e. The van der Waals surface area contributed by atoms with Crippen LogP contribution >= 0.6 is 11.6 Å². The third kappa shape index (κ3) is 4.23. The van der Waals surface area contributed by atoms with Gasteiger partial charge in [-0.1, -0.05) is 24.6 Å². The molecule has 2 aromatic carbocycles. The number of fused-ring (bicyclic) bond motifs is 1. The molecule has 2 heterocycles. The number of hydrogen-bond acceptors (Lipinski definition) is 4. The summed E-state index contributed by atoms with van der Waals surface area (Å²) in [6.07, 6.45) is -4.62. The molecule has 1 aliphatic heterocycles. The molecule has 1 amide bonds. The number of carbonyl (C=O) groups is 1. The standard InChI is InChI=1S/C23H21ClF4N4O3/c1-3-30-19(11-33)29-32(22(30)35)13-7-8-14-15(9-13)16(12(2)23(26,27)28)10-31(21(14)34)20-17(24)5-4-6-18(20)25/h4-9,12,16,33H,3,10-11H2,1-2H3. The number of amides is 1. The van der Waals surface area contributed by atoms with Gasteiger partial charge in [0.1, 0.15) is 12.4 Å². The first-order valence-corrected chi connectivity index (χ1v) is 11.1. The molecule has 3 aromatic rings. The number of benzene rings is 2. The molecule has 35 heavy (non-hydrogen) atoms. The second-order valence-electron chi connectivity index (χ2n) is 8.21. The maximum atomic E-state index is 14.6. The smallest absolute Gasteiger partial charge is 0.388 e. The summed E-state index contributed by atoms with van der Waals surface area (Å²) < 4.78 is 58.3. The minimum atomic E-state index is -4.62. The molecule has 0 aliphatic carbocycles. The summed E-state index contributed by atoms with van der Waals surface area (Å²) in [5.74, 6) is -4.65. The molecule has 1 aliphatic rings. The predicted molar refractivity (Wildman–Crippen MR) is 120 cm³/mol. The van der Waals surface area contributed by atoms with Gasteiger partial charge in [-0.15, -0.1) is 5.10 Å². The van der Waals surface area contributed by atoms with E-state index in [1.54, 1.807) is 6.92 Å². The third-order valence-electron chi connectivity index (χ3n) is 6.26. The number of alkyl halides is 3. The van der Waals surface area contributed by atoms with Crippen LogP contribution in [-0.4, -0.2) is 38.1 Å². The number of nitrogens with zero attached hydrogens (tertiary/aromatic N) is 4. The fourth-order valence-corrected chi connectivity index (χ4v) is 4.61. The molecule has 0 fully saturated rings. The topological polar surface area (TPSA) is 80.4 Å². The van der Waals surface area contributed by atoms with Crippen molar-refractivity contribution >= 4 is 23.2 Å². The van der Waals surface area contributed by atoms with E-state index in [9.17, 15) is 32.3 Å². The van der Waals surface area contributed by atoms with Gasteiger partial charge in [0.2, 0.25) is 0 Å². The zero-order chi connectivity index (χ0) is 25.7. The van der Waals surface area contributed by atoms with Gasteiger partial charge in [-0.3, -0.25) is 9.36 Å². The van der Waals surface area contributed by atoms with E-state index in [4.69, 9.17) is 11.6 Å². The Hall–Kier alpha value is -3.18. The molecule has 2 unspecified atom stereocenters. The lowest BCUT2D eigenvalue weighted by atomic mass is 9.80. The van der Waals surface area contributed by atoms with Gasteiger partial charge in [0.25, 0.3) is 5.91 Å². The molecule has 12 heteroatoms. The molecule has 0 bridgehead atoms. The second kappa shape index (κ2) is 9.12. The Morgan fingerprint density at radius 3 is 2.51 bits per heavy atom. The van der Waals surface area contributed by atoms with Gasteiger partial charge in [0.15, 0.2) is 5.82 Å². The lowest BCUT2D eigenvalue weighted by Crippen LogP contribution is -2.45. The average Bonchev–Trinajstić information content (AvgIpc) is 3.14. The van der Waals surface area contributed by atoms with Crippen LogP contribution in [0.2, 0.25) is 5.02 Å². The van der Waals surface area contributed by atoms with E-state index >= 15 is 0 Å². The lowest BCUT2D eigenvalue weighted by molar-refractivity contribution is -0.175. The number of carbonyl (C=O) groups excluding carboxylic acids is 1. The summed E-state index contributed by atoms with van der Waals surface area (Å²) in [6, 6.07) is 7.73. The Bertz CT molecular complexity index is 1330. The summed E-state index contributed by atoms with van der Waals surface area (Å²) in [6.45, 7) is 1.91. The quantitative estimate of drug-likeness (QED) is 0.517. The molecule has 0 radical (unpaired) electrons. The number of hydrogen-bond donors (Lipinski definition) is 1. The Kier molecular flexibility index (Phi) is 6.50. The van der Waals surface area contributed by atoms with Crippen molar-refractivity contribution < 1.29 is 27.5 Å². The number of para-hydroxylation sites is 1. The van der Waals surface area contributed by atoms with E-state index in [1.165, 1.54) is 34.9 Å². The summed E-state index contributed by atoms with van der Waals surface area (Å²) in [7, 11) is 0. The van der Waals surface area contributed by atoms with Gasteiger partial charge in [-0.25, -0.2) is 9.18 Å². The number of rotatable bonds is 5. The Balaban J connectivity index is 1.90. The number of aromatic nitrogens is 3. The Morgan fingerprint density at radius 2 is 1.94 bits per heavy atom. The highest BCUT2D eigenvalue weighted by Crippen LogP contribution is 2.44. The normalized spacial score (nSPS) is 17.0. The molecule has 4 rings (SSSR count).